The SMILES string of the molecule is CNC(=O)c1cccc(NC(=O)Cn2ccc3ccccc3c2=O)c1. The number of carbonyl (C=O) groups excluding carboxylic acids is 2. The van der Waals surface area contributed by atoms with Gasteiger partial charge >= 0.3 is 0 Å². The molecule has 1 aromatic heterocycles. The number of nitrogens with one attached hydrogen (secondary N) is 2. The molecule has 0 saturated heterocycles. The molecule has 2 amide bonds. The van der Waals surface area contributed by atoms with Crippen LogP contribution >= 0.6 is 0 Å². The van der Waals surface area contributed by atoms with Gasteiger partial charge in [-0.3, -0.25) is 14.4 Å². The average molecular weight is 335 g/mol. The summed E-state index contributed by atoms with van der Waals surface area (Å²) in [7, 11) is 1.54. The van der Waals surface area contributed by atoms with Gasteiger partial charge in [0.2, 0.25) is 5.91 Å². The number of aromatic nitrogens is 1. The van der Waals surface area contributed by atoms with E-state index in [1.807, 2.05) is 12.1 Å². The monoisotopic (exact) mass is 335 g/mol. The van der Waals surface area contributed by atoms with Crippen LogP contribution < -0.4 is 16.2 Å². The molecule has 0 saturated carbocycles. The summed E-state index contributed by atoms with van der Waals surface area (Å²) >= 11 is 0. The van der Waals surface area contributed by atoms with E-state index in [1.165, 1.54) is 4.57 Å². The van der Waals surface area contributed by atoms with Gasteiger partial charge in [0.1, 0.15) is 6.54 Å². The molecule has 6 heteroatoms. The summed E-state index contributed by atoms with van der Waals surface area (Å²) in [4.78, 5) is 36.3. The molecule has 0 fully saturated rings. The molecule has 3 aromatic rings. The summed E-state index contributed by atoms with van der Waals surface area (Å²) in [5.41, 5.74) is 0.732. The van der Waals surface area contributed by atoms with Gasteiger partial charge in [-0.05, 0) is 35.7 Å². The molecule has 0 unspecified atom stereocenters. The number of hydrogen-bond acceptors (Lipinski definition) is 3. The van der Waals surface area contributed by atoms with Crippen LogP contribution in [0.2, 0.25) is 0 Å². The summed E-state index contributed by atoms with van der Waals surface area (Å²) in [6.45, 7) is -0.103. The third-order valence-corrected chi connectivity index (χ3v) is 3.84. The zero-order valence-corrected chi connectivity index (χ0v) is 13.7. The second kappa shape index (κ2) is 7.00. The molecule has 0 spiro atoms. The lowest BCUT2D eigenvalue weighted by Gasteiger charge is -2.09. The first-order valence-corrected chi connectivity index (χ1v) is 7.78. The number of pyridine rings is 1. The van der Waals surface area contributed by atoms with Crippen molar-refractivity contribution in [3.05, 3.63) is 76.7 Å². The molecule has 6 nitrogen and oxygen atoms in total. The quantitative estimate of drug-likeness (QED) is 0.765. The van der Waals surface area contributed by atoms with Gasteiger partial charge in [0.05, 0.1) is 0 Å². The van der Waals surface area contributed by atoms with E-state index in [2.05, 4.69) is 10.6 Å². The van der Waals surface area contributed by atoms with Crippen LogP contribution in [-0.2, 0) is 11.3 Å². The van der Waals surface area contributed by atoms with Crippen LogP contribution in [0.3, 0.4) is 0 Å². The second-order valence-electron chi connectivity index (χ2n) is 5.54. The lowest BCUT2D eigenvalue weighted by molar-refractivity contribution is -0.116. The van der Waals surface area contributed by atoms with E-state index in [0.29, 0.717) is 16.6 Å². The Balaban J connectivity index is 1.78. The van der Waals surface area contributed by atoms with Crippen molar-refractivity contribution in [3.63, 3.8) is 0 Å². The van der Waals surface area contributed by atoms with Crippen LogP contribution in [0, 0.1) is 0 Å². The molecule has 0 atom stereocenters. The van der Waals surface area contributed by atoms with Crippen LogP contribution in [0.15, 0.2) is 65.6 Å². The number of rotatable bonds is 4. The van der Waals surface area contributed by atoms with Crippen LogP contribution in [0.25, 0.3) is 10.8 Å². The summed E-state index contributed by atoms with van der Waals surface area (Å²) < 4.78 is 1.36. The molecule has 2 aromatic carbocycles. The van der Waals surface area contributed by atoms with Crippen LogP contribution in [0.4, 0.5) is 5.69 Å². The maximum Gasteiger partial charge on any atom is 0.258 e. The van der Waals surface area contributed by atoms with Crippen LogP contribution in [0.1, 0.15) is 10.4 Å². The predicted octanol–water partition coefficient (Wildman–Crippen LogP) is 2.00. The Labute approximate surface area is 144 Å². The zero-order chi connectivity index (χ0) is 17.8. The number of benzene rings is 2. The van der Waals surface area contributed by atoms with Crippen molar-refractivity contribution >= 4 is 28.3 Å². The molecule has 2 N–H and O–H groups in total. The lowest BCUT2D eigenvalue weighted by atomic mass is 10.2. The summed E-state index contributed by atoms with van der Waals surface area (Å²) in [6.07, 6.45) is 1.60. The van der Waals surface area contributed by atoms with Gasteiger partial charge in [-0.15, -0.1) is 0 Å². The maximum atomic E-state index is 12.4. The fourth-order valence-electron chi connectivity index (χ4n) is 2.59. The number of nitrogens with zero attached hydrogens (tertiary/aromatic N) is 1. The predicted molar refractivity (Wildman–Crippen MR) is 96.7 cm³/mol. The van der Waals surface area contributed by atoms with Crippen molar-refractivity contribution in [2.75, 3.05) is 12.4 Å². The highest BCUT2D eigenvalue weighted by Gasteiger charge is 2.09. The summed E-state index contributed by atoms with van der Waals surface area (Å²) in [5, 5.41) is 6.64. The molecule has 25 heavy (non-hydrogen) atoms. The zero-order valence-electron chi connectivity index (χ0n) is 13.7. The van der Waals surface area contributed by atoms with Crippen molar-refractivity contribution in [1.29, 1.82) is 0 Å². The Morgan fingerprint density at radius 3 is 2.64 bits per heavy atom. The highest BCUT2D eigenvalue weighted by molar-refractivity contribution is 5.97. The van der Waals surface area contributed by atoms with Crippen molar-refractivity contribution in [1.82, 2.24) is 9.88 Å². The second-order valence-corrected chi connectivity index (χ2v) is 5.54. The molecular formula is C19H17N3O3. The van der Waals surface area contributed by atoms with E-state index >= 15 is 0 Å². The number of carbonyl (C=O) groups is 2. The van der Waals surface area contributed by atoms with Gasteiger partial charge in [-0.25, -0.2) is 0 Å². The number of hydrogen-bond donors (Lipinski definition) is 2. The Hall–Kier alpha value is -3.41. The van der Waals surface area contributed by atoms with E-state index in [4.69, 9.17) is 0 Å². The first-order chi connectivity index (χ1) is 12.1. The fourth-order valence-corrected chi connectivity index (χ4v) is 2.59. The van der Waals surface area contributed by atoms with Gasteiger partial charge in [0.15, 0.2) is 0 Å². The molecule has 0 aliphatic rings. The molecule has 0 aliphatic heterocycles. The molecular weight excluding hydrogens is 318 g/mol. The minimum Gasteiger partial charge on any atom is -0.355 e. The Morgan fingerprint density at radius 2 is 1.84 bits per heavy atom. The van der Waals surface area contributed by atoms with Crippen LogP contribution in [-0.4, -0.2) is 23.4 Å². The van der Waals surface area contributed by atoms with Crippen molar-refractivity contribution < 1.29 is 9.59 Å². The topological polar surface area (TPSA) is 80.2 Å². The van der Waals surface area contributed by atoms with Gasteiger partial charge in [0, 0.05) is 29.9 Å². The van der Waals surface area contributed by atoms with Gasteiger partial charge in [0.25, 0.3) is 11.5 Å². The van der Waals surface area contributed by atoms with E-state index in [-0.39, 0.29) is 23.9 Å². The smallest absolute Gasteiger partial charge is 0.258 e. The molecule has 1 heterocycles. The Bertz CT molecular complexity index is 1010. The van der Waals surface area contributed by atoms with E-state index in [9.17, 15) is 14.4 Å². The van der Waals surface area contributed by atoms with E-state index < -0.39 is 0 Å². The first-order valence-electron chi connectivity index (χ1n) is 7.78. The van der Waals surface area contributed by atoms with Gasteiger partial charge in [-0.2, -0.15) is 0 Å². The summed E-state index contributed by atoms with van der Waals surface area (Å²) in [6, 6.07) is 15.6. The minimum atomic E-state index is -0.341. The van der Waals surface area contributed by atoms with Crippen molar-refractivity contribution in [2.45, 2.75) is 6.54 Å². The van der Waals surface area contributed by atoms with Gasteiger partial charge < -0.3 is 15.2 Å². The number of anilines is 1. The fraction of sp³-hybridized carbons (Fsp3) is 0.105. The third kappa shape index (κ3) is 3.58. The standard InChI is InChI=1S/C19H17N3O3/c1-20-18(24)14-6-4-7-15(11-14)21-17(23)12-22-10-9-13-5-2-3-8-16(13)19(22)25/h2-11H,12H2,1H3,(H,20,24)(H,21,23). The number of fused-ring (bicyclic) bond motifs is 1. The normalized spacial score (nSPS) is 10.4. The third-order valence-electron chi connectivity index (χ3n) is 3.84. The van der Waals surface area contributed by atoms with Crippen molar-refractivity contribution in [3.8, 4) is 0 Å². The minimum absolute atomic E-state index is 0.103. The molecule has 0 radical (unpaired) electrons. The molecule has 0 aliphatic carbocycles. The first kappa shape index (κ1) is 16.4. The van der Waals surface area contributed by atoms with E-state index in [1.54, 1.807) is 55.7 Å². The highest BCUT2D eigenvalue weighted by atomic mass is 16.2. The highest BCUT2D eigenvalue weighted by Crippen LogP contribution is 2.11. The summed E-state index contributed by atoms with van der Waals surface area (Å²) in [5.74, 6) is -0.576. The Morgan fingerprint density at radius 1 is 1.04 bits per heavy atom. The molecule has 0 bridgehead atoms. The lowest BCUT2D eigenvalue weighted by Crippen LogP contribution is -2.27. The van der Waals surface area contributed by atoms with Gasteiger partial charge in [-0.1, -0.05) is 24.3 Å². The largest absolute Gasteiger partial charge is 0.355 e. The van der Waals surface area contributed by atoms with E-state index in [0.717, 1.165) is 5.39 Å². The average Bonchev–Trinajstić information content (AvgIpc) is 2.64. The molecule has 3 rings (SSSR count). The maximum absolute atomic E-state index is 12.4. The van der Waals surface area contributed by atoms with Crippen LogP contribution in [0.5, 0.6) is 0 Å². The number of amides is 2. The van der Waals surface area contributed by atoms with Crippen molar-refractivity contribution in [2.24, 2.45) is 0 Å². The Kier molecular flexibility index (Phi) is 4.61. The molecule has 126 valence electrons.